The Morgan fingerprint density at radius 1 is 1.00 bits per heavy atom. The first-order valence-corrected chi connectivity index (χ1v) is 7.83. The average Bonchev–Trinajstić information content (AvgIpc) is 2.46. The molecule has 0 saturated carbocycles. The summed E-state index contributed by atoms with van der Waals surface area (Å²) in [5.74, 6) is 0. The van der Waals surface area contributed by atoms with Crippen LogP contribution in [0.4, 0.5) is 0 Å². The maximum atomic E-state index is 3.52. The van der Waals surface area contributed by atoms with Gasteiger partial charge in [-0.05, 0) is 39.2 Å². The number of hydrogen-bond donors (Lipinski definition) is 1. The van der Waals surface area contributed by atoms with Crippen molar-refractivity contribution in [2.45, 2.75) is 26.3 Å². The van der Waals surface area contributed by atoms with Crippen LogP contribution in [-0.4, -0.2) is 56.6 Å². The number of hydrogen-bond acceptors (Lipinski definition) is 3. The highest BCUT2D eigenvalue weighted by molar-refractivity contribution is 5.19. The van der Waals surface area contributed by atoms with Crippen LogP contribution in [0.1, 0.15) is 31.9 Å². The molecule has 0 aliphatic rings. The quantitative estimate of drug-likeness (QED) is 0.709. The van der Waals surface area contributed by atoms with Gasteiger partial charge in [-0.3, -0.25) is 4.90 Å². The van der Waals surface area contributed by atoms with Gasteiger partial charge in [-0.25, -0.2) is 0 Å². The van der Waals surface area contributed by atoms with E-state index in [0.717, 1.165) is 32.7 Å². The van der Waals surface area contributed by atoms with Gasteiger partial charge < -0.3 is 10.2 Å². The molecular weight excluding hydrogens is 246 g/mol. The second kappa shape index (κ2) is 9.92. The first kappa shape index (κ1) is 17.2. The van der Waals surface area contributed by atoms with Crippen molar-refractivity contribution in [3.05, 3.63) is 35.9 Å². The zero-order valence-corrected chi connectivity index (χ0v) is 13.6. The maximum Gasteiger partial charge on any atom is 0.0473 e. The number of likely N-dealkylation sites (N-methyl/N-ethyl adjacent to an activating group) is 2. The zero-order chi connectivity index (χ0) is 14.8. The average molecular weight is 277 g/mol. The van der Waals surface area contributed by atoms with Gasteiger partial charge in [-0.15, -0.1) is 0 Å². The lowest BCUT2D eigenvalue weighted by molar-refractivity contribution is 0.175. The lowest BCUT2D eigenvalue weighted by Gasteiger charge is -2.33. The van der Waals surface area contributed by atoms with Crippen LogP contribution in [0, 0.1) is 0 Å². The van der Waals surface area contributed by atoms with Gasteiger partial charge in [-0.1, -0.05) is 44.2 Å². The van der Waals surface area contributed by atoms with Crippen LogP contribution in [0.3, 0.4) is 0 Å². The summed E-state index contributed by atoms with van der Waals surface area (Å²) in [6.07, 6.45) is 1.20. The van der Waals surface area contributed by atoms with Crippen molar-refractivity contribution < 1.29 is 0 Å². The Hall–Kier alpha value is -0.900. The fourth-order valence-corrected chi connectivity index (χ4v) is 2.45. The second-order valence-electron chi connectivity index (χ2n) is 5.57. The van der Waals surface area contributed by atoms with Gasteiger partial charge >= 0.3 is 0 Å². The van der Waals surface area contributed by atoms with E-state index in [2.05, 4.69) is 73.4 Å². The monoisotopic (exact) mass is 277 g/mol. The molecule has 1 unspecified atom stereocenters. The van der Waals surface area contributed by atoms with Gasteiger partial charge in [0, 0.05) is 25.7 Å². The van der Waals surface area contributed by atoms with Crippen LogP contribution >= 0.6 is 0 Å². The minimum atomic E-state index is 0.469. The fraction of sp³-hybridized carbons (Fsp3) is 0.647. The largest absolute Gasteiger partial charge is 0.315 e. The van der Waals surface area contributed by atoms with Gasteiger partial charge in [0.05, 0.1) is 0 Å². The molecule has 0 heterocycles. The summed E-state index contributed by atoms with van der Waals surface area (Å²) in [5, 5.41) is 3.52. The summed E-state index contributed by atoms with van der Waals surface area (Å²) in [5.41, 5.74) is 1.42. The molecule has 0 aromatic heterocycles. The highest BCUT2D eigenvalue weighted by Gasteiger charge is 2.19. The molecule has 114 valence electrons. The lowest BCUT2D eigenvalue weighted by Crippen LogP contribution is -2.40. The molecule has 1 rings (SSSR count). The van der Waals surface area contributed by atoms with Gasteiger partial charge in [0.15, 0.2) is 0 Å². The van der Waals surface area contributed by atoms with Crippen LogP contribution in [-0.2, 0) is 0 Å². The molecule has 3 heteroatoms. The number of nitrogens with one attached hydrogen (secondary N) is 1. The van der Waals surface area contributed by atoms with Crippen LogP contribution in [0.15, 0.2) is 30.3 Å². The molecule has 1 N–H and O–H groups in total. The Bertz CT molecular complexity index is 337. The summed E-state index contributed by atoms with van der Waals surface area (Å²) < 4.78 is 0. The van der Waals surface area contributed by atoms with Crippen LogP contribution < -0.4 is 5.32 Å². The number of rotatable bonds is 10. The van der Waals surface area contributed by atoms with Crippen molar-refractivity contribution in [2.75, 3.05) is 46.8 Å². The molecule has 0 aliphatic carbocycles. The highest BCUT2D eigenvalue weighted by atomic mass is 15.2. The van der Waals surface area contributed by atoms with Crippen LogP contribution in [0.2, 0.25) is 0 Å². The van der Waals surface area contributed by atoms with E-state index in [1.54, 1.807) is 0 Å². The van der Waals surface area contributed by atoms with Crippen molar-refractivity contribution in [1.29, 1.82) is 0 Å². The molecule has 0 fully saturated rings. The van der Waals surface area contributed by atoms with E-state index in [-0.39, 0.29) is 0 Å². The van der Waals surface area contributed by atoms with E-state index in [9.17, 15) is 0 Å². The molecule has 0 radical (unpaired) electrons. The van der Waals surface area contributed by atoms with Gasteiger partial charge in [-0.2, -0.15) is 0 Å². The highest BCUT2D eigenvalue weighted by Crippen LogP contribution is 2.20. The Morgan fingerprint density at radius 3 is 2.25 bits per heavy atom. The molecule has 1 atom stereocenters. The van der Waals surface area contributed by atoms with Crippen molar-refractivity contribution in [1.82, 2.24) is 15.1 Å². The van der Waals surface area contributed by atoms with E-state index >= 15 is 0 Å². The summed E-state index contributed by atoms with van der Waals surface area (Å²) >= 11 is 0. The Morgan fingerprint density at radius 2 is 1.70 bits per heavy atom. The second-order valence-corrected chi connectivity index (χ2v) is 5.57. The van der Waals surface area contributed by atoms with Crippen molar-refractivity contribution >= 4 is 0 Å². The van der Waals surface area contributed by atoms with Gasteiger partial charge in [0.1, 0.15) is 0 Å². The molecule has 0 bridgehead atoms. The van der Waals surface area contributed by atoms with E-state index in [4.69, 9.17) is 0 Å². The molecule has 20 heavy (non-hydrogen) atoms. The van der Waals surface area contributed by atoms with Gasteiger partial charge in [0.2, 0.25) is 0 Å². The molecule has 1 aromatic rings. The smallest absolute Gasteiger partial charge is 0.0473 e. The third-order valence-electron chi connectivity index (χ3n) is 3.56. The minimum absolute atomic E-state index is 0.469. The minimum Gasteiger partial charge on any atom is -0.315 e. The fourth-order valence-electron chi connectivity index (χ4n) is 2.45. The number of benzene rings is 1. The third kappa shape index (κ3) is 6.04. The Kier molecular flexibility index (Phi) is 8.51. The molecule has 0 amide bonds. The lowest BCUT2D eigenvalue weighted by atomic mass is 10.0. The van der Waals surface area contributed by atoms with E-state index in [1.807, 2.05) is 0 Å². The molecule has 1 aromatic carbocycles. The molecular formula is C17H31N3. The number of nitrogens with zero attached hydrogens (tertiary/aromatic N) is 2. The van der Waals surface area contributed by atoms with Crippen molar-refractivity contribution in [3.8, 4) is 0 Å². The Labute approximate surface area is 125 Å². The summed E-state index contributed by atoms with van der Waals surface area (Å²) in [7, 11) is 4.29. The van der Waals surface area contributed by atoms with Crippen molar-refractivity contribution in [2.24, 2.45) is 0 Å². The van der Waals surface area contributed by atoms with Crippen LogP contribution in [0.25, 0.3) is 0 Å². The molecule has 3 nitrogen and oxygen atoms in total. The normalized spacial score (nSPS) is 13.1. The molecule has 0 spiro atoms. The predicted octanol–water partition coefficient (Wildman–Crippen LogP) is 2.61. The first-order valence-electron chi connectivity index (χ1n) is 7.83. The van der Waals surface area contributed by atoms with Crippen LogP contribution in [0.5, 0.6) is 0 Å². The van der Waals surface area contributed by atoms with E-state index in [0.29, 0.717) is 6.04 Å². The SMILES string of the molecule is CCCN(CCN(C)C)C(CNCC)c1ccccc1. The summed E-state index contributed by atoms with van der Waals surface area (Å²) in [4.78, 5) is 4.87. The predicted molar refractivity (Wildman–Crippen MR) is 88.1 cm³/mol. The van der Waals surface area contributed by atoms with Gasteiger partial charge in [0.25, 0.3) is 0 Å². The van der Waals surface area contributed by atoms with Crippen molar-refractivity contribution in [3.63, 3.8) is 0 Å². The zero-order valence-electron chi connectivity index (χ0n) is 13.6. The first-order chi connectivity index (χ1) is 9.69. The maximum absolute atomic E-state index is 3.52. The molecule has 0 aliphatic heterocycles. The van der Waals surface area contributed by atoms with E-state index < -0.39 is 0 Å². The Balaban J connectivity index is 2.80. The molecule has 0 saturated heterocycles. The van der Waals surface area contributed by atoms with E-state index in [1.165, 1.54) is 12.0 Å². The summed E-state index contributed by atoms with van der Waals surface area (Å²) in [6.45, 7) is 9.86. The topological polar surface area (TPSA) is 18.5 Å². The third-order valence-corrected chi connectivity index (χ3v) is 3.56. The summed E-state index contributed by atoms with van der Waals surface area (Å²) in [6, 6.07) is 11.4. The standard InChI is InChI=1S/C17H31N3/c1-5-12-20(14-13-19(3)4)17(15-18-6-2)16-10-8-7-9-11-16/h7-11,17-18H,5-6,12-15H2,1-4H3.